The summed E-state index contributed by atoms with van der Waals surface area (Å²) in [5.41, 5.74) is 3.43. The highest BCUT2D eigenvalue weighted by atomic mass is 79.9. The lowest BCUT2D eigenvalue weighted by Crippen LogP contribution is -1.80. The van der Waals surface area contributed by atoms with Gasteiger partial charge in [0, 0.05) is 21.1 Å². The molecule has 1 rings (SSSR count). The highest BCUT2D eigenvalue weighted by Crippen LogP contribution is 2.31. The molecule has 3 heteroatoms. The Hall–Kier alpha value is -0.470. The van der Waals surface area contributed by atoms with Crippen molar-refractivity contribution in [1.29, 1.82) is 0 Å². The third-order valence-electron chi connectivity index (χ3n) is 1.81. The summed E-state index contributed by atoms with van der Waals surface area (Å²) in [6, 6.07) is 0. The van der Waals surface area contributed by atoms with E-state index in [0.29, 0.717) is 0 Å². The van der Waals surface area contributed by atoms with Crippen molar-refractivity contribution in [2.45, 2.75) is 13.8 Å². The molecule has 0 atom stereocenters. The third kappa shape index (κ3) is 2.06. The summed E-state index contributed by atoms with van der Waals surface area (Å²) in [7, 11) is 0. The van der Waals surface area contributed by atoms with Gasteiger partial charge in [-0.05, 0) is 19.9 Å². The molecule has 70 valence electrons. The summed E-state index contributed by atoms with van der Waals surface area (Å²) in [5.74, 6) is 1.70. The molecule has 13 heavy (non-hydrogen) atoms. The molecule has 1 nitrogen and oxygen atoms in total. The van der Waals surface area contributed by atoms with Crippen molar-refractivity contribution >= 4 is 38.1 Å². The maximum atomic E-state index is 5.53. The standard InChI is InChI=1S/C10H10BrClO/c1-6(11)10-8(3)13-7(2)9(10)4-5-12/h4-5H,1H2,2-3H3/b5-4+. The molecule has 0 saturated heterocycles. The van der Waals surface area contributed by atoms with Crippen LogP contribution in [0.3, 0.4) is 0 Å². The van der Waals surface area contributed by atoms with E-state index >= 15 is 0 Å². The van der Waals surface area contributed by atoms with Gasteiger partial charge in [0.05, 0.1) is 0 Å². The van der Waals surface area contributed by atoms with E-state index in [1.54, 1.807) is 6.08 Å². The van der Waals surface area contributed by atoms with Crippen molar-refractivity contribution in [2.75, 3.05) is 0 Å². The van der Waals surface area contributed by atoms with Crippen LogP contribution in [0.15, 0.2) is 16.5 Å². The molecule has 0 aliphatic rings. The van der Waals surface area contributed by atoms with E-state index in [9.17, 15) is 0 Å². The van der Waals surface area contributed by atoms with Gasteiger partial charge in [-0.1, -0.05) is 34.1 Å². The Bertz CT molecular complexity index is 363. The van der Waals surface area contributed by atoms with Gasteiger partial charge in [0.25, 0.3) is 0 Å². The normalized spacial score (nSPS) is 11.1. The lowest BCUT2D eigenvalue weighted by Gasteiger charge is -1.96. The first-order valence-corrected chi connectivity index (χ1v) is 5.02. The first-order chi connectivity index (χ1) is 6.07. The first-order valence-electron chi connectivity index (χ1n) is 3.79. The van der Waals surface area contributed by atoms with Crippen molar-refractivity contribution in [1.82, 2.24) is 0 Å². The molecule has 0 aliphatic carbocycles. The van der Waals surface area contributed by atoms with Crippen LogP contribution in [0.4, 0.5) is 0 Å². The van der Waals surface area contributed by atoms with Crippen LogP contribution in [0.1, 0.15) is 22.6 Å². The van der Waals surface area contributed by atoms with Gasteiger partial charge in [-0.15, -0.1) is 0 Å². The predicted molar refractivity (Wildman–Crippen MR) is 61.0 cm³/mol. The number of aryl methyl sites for hydroxylation is 2. The zero-order chi connectivity index (χ0) is 10.0. The van der Waals surface area contributed by atoms with Gasteiger partial charge < -0.3 is 4.42 Å². The number of rotatable bonds is 2. The van der Waals surface area contributed by atoms with Crippen molar-refractivity contribution < 1.29 is 4.42 Å². The monoisotopic (exact) mass is 260 g/mol. The van der Waals surface area contributed by atoms with E-state index in [0.717, 1.165) is 27.1 Å². The zero-order valence-corrected chi connectivity index (χ0v) is 9.87. The van der Waals surface area contributed by atoms with Crippen LogP contribution in [-0.4, -0.2) is 0 Å². The Labute approximate surface area is 91.2 Å². The number of hydrogen-bond acceptors (Lipinski definition) is 1. The van der Waals surface area contributed by atoms with E-state index in [-0.39, 0.29) is 0 Å². The Kier molecular flexibility index (Phi) is 3.40. The number of hydrogen-bond donors (Lipinski definition) is 0. The second kappa shape index (κ2) is 4.16. The highest BCUT2D eigenvalue weighted by Gasteiger charge is 2.13. The maximum Gasteiger partial charge on any atom is 0.110 e. The molecule has 0 radical (unpaired) electrons. The van der Waals surface area contributed by atoms with Gasteiger partial charge in [-0.25, -0.2) is 0 Å². The second-order valence-corrected chi connectivity index (χ2v) is 3.91. The molecule has 0 fully saturated rings. The molecule has 0 amide bonds. The highest BCUT2D eigenvalue weighted by molar-refractivity contribution is 9.15. The molecule has 1 heterocycles. The fraction of sp³-hybridized carbons (Fsp3) is 0.200. The van der Waals surface area contributed by atoms with E-state index in [4.69, 9.17) is 16.0 Å². The summed E-state index contributed by atoms with van der Waals surface area (Å²) in [6.45, 7) is 7.63. The van der Waals surface area contributed by atoms with Gasteiger partial charge >= 0.3 is 0 Å². The van der Waals surface area contributed by atoms with Crippen molar-refractivity contribution in [2.24, 2.45) is 0 Å². The minimum Gasteiger partial charge on any atom is -0.465 e. The number of furan rings is 1. The van der Waals surface area contributed by atoms with Crippen LogP contribution in [0.2, 0.25) is 0 Å². The minimum atomic E-state index is 0.812. The largest absolute Gasteiger partial charge is 0.465 e. The third-order valence-corrected chi connectivity index (χ3v) is 2.33. The van der Waals surface area contributed by atoms with E-state index in [1.165, 1.54) is 5.54 Å². The lowest BCUT2D eigenvalue weighted by atomic mass is 10.1. The quantitative estimate of drug-likeness (QED) is 0.765. The van der Waals surface area contributed by atoms with Crippen molar-refractivity contribution in [3.05, 3.63) is 34.8 Å². The predicted octanol–water partition coefficient (Wildman–Crippen LogP) is 4.47. The van der Waals surface area contributed by atoms with Crippen LogP contribution < -0.4 is 0 Å². The molecule has 0 aliphatic heterocycles. The summed E-state index contributed by atoms with van der Waals surface area (Å²) in [5, 5.41) is 0. The van der Waals surface area contributed by atoms with Gasteiger partial charge in [-0.3, -0.25) is 0 Å². The Morgan fingerprint density at radius 3 is 2.54 bits per heavy atom. The molecule has 0 saturated carbocycles. The molecule has 0 aromatic carbocycles. The fourth-order valence-corrected chi connectivity index (χ4v) is 1.92. The second-order valence-electron chi connectivity index (χ2n) is 2.70. The van der Waals surface area contributed by atoms with E-state index < -0.39 is 0 Å². The summed E-state index contributed by atoms with van der Waals surface area (Å²) < 4.78 is 6.27. The molecule has 0 bridgehead atoms. The summed E-state index contributed by atoms with van der Waals surface area (Å²) in [4.78, 5) is 0. The topological polar surface area (TPSA) is 13.1 Å². The summed E-state index contributed by atoms with van der Waals surface area (Å²) in [6.07, 6.45) is 1.80. The van der Waals surface area contributed by atoms with Crippen LogP contribution in [0, 0.1) is 13.8 Å². The molecule has 1 aromatic rings. The van der Waals surface area contributed by atoms with Gasteiger partial charge in [0.15, 0.2) is 0 Å². The average molecular weight is 262 g/mol. The summed E-state index contributed by atoms with van der Waals surface area (Å²) >= 11 is 8.86. The van der Waals surface area contributed by atoms with Crippen LogP contribution in [-0.2, 0) is 0 Å². The van der Waals surface area contributed by atoms with Crippen molar-refractivity contribution in [3.8, 4) is 0 Å². The van der Waals surface area contributed by atoms with Crippen LogP contribution >= 0.6 is 27.5 Å². The molecular formula is C10H10BrClO. The van der Waals surface area contributed by atoms with E-state index in [1.807, 2.05) is 13.8 Å². The smallest absolute Gasteiger partial charge is 0.110 e. The molecule has 0 N–H and O–H groups in total. The Morgan fingerprint density at radius 2 is 2.08 bits per heavy atom. The van der Waals surface area contributed by atoms with Crippen LogP contribution in [0.5, 0.6) is 0 Å². The fourth-order valence-electron chi connectivity index (χ4n) is 1.30. The van der Waals surface area contributed by atoms with Crippen molar-refractivity contribution in [3.63, 3.8) is 0 Å². The molecule has 0 unspecified atom stereocenters. The Morgan fingerprint density at radius 1 is 1.46 bits per heavy atom. The average Bonchev–Trinajstić information content (AvgIpc) is 2.27. The van der Waals surface area contributed by atoms with Gasteiger partial charge in [0.2, 0.25) is 0 Å². The number of halogens is 2. The maximum absolute atomic E-state index is 5.53. The molecule has 1 aromatic heterocycles. The molecule has 0 spiro atoms. The Balaban J connectivity index is 3.37. The minimum absolute atomic E-state index is 0.812. The van der Waals surface area contributed by atoms with E-state index in [2.05, 4.69) is 22.5 Å². The zero-order valence-electron chi connectivity index (χ0n) is 7.53. The molecular weight excluding hydrogens is 251 g/mol. The van der Waals surface area contributed by atoms with Crippen LogP contribution in [0.25, 0.3) is 10.6 Å². The lowest BCUT2D eigenvalue weighted by molar-refractivity contribution is 0.503. The van der Waals surface area contributed by atoms with Gasteiger partial charge in [-0.2, -0.15) is 0 Å². The van der Waals surface area contributed by atoms with Gasteiger partial charge in [0.1, 0.15) is 11.5 Å². The first kappa shape index (κ1) is 10.6. The SMILES string of the molecule is C=C(Br)c1c(C)oc(C)c1/C=C/Cl.